The van der Waals surface area contributed by atoms with Gasteiger partial charge in [-0.2, -0.15) is 4.98 Å². The first-order valence-electron chi connectivity index (χ1n) is 5.29. The molecule has 1 rings (SSSR count). The molecule has 90 valence electrons. The second-order valence-corrected chi connectivity index (χ2v) is 4.48. The van der Waals surface area contributed by atoms with Crippen LogP contribution in [0.2, 0.25) is 0 Å². The number of anilines is 1. The summed E-state index contributed by atoms with van der Waals surface area (Å²) in [6.07, 6.45) is 0. The quantitative estimate of drug-likeness (QED) is 0.808. The molecule has 5 heteroatoms. The number of nitrogens with one attached hydrogen (secondary N) is 1. The van der Waals surface area contributed by atoms with Crippen molar-refractivity contribution in [2.75, 3.05) is 17.8 Å². The van der Waals surface area contributed by atoms with E-state index in [1.807, 2.05) is 27.7 Å². The van der Waals surface area contributed by atoms with Gasteiger partial charge in [0.25, 0.3) is 0 Å². The predicted octanol–water partition coefficient (Wildman–Crippen LogP) is 2.61. The van der Waals surface area contributed by atoms with Crippen molar-refractivity contribution in [3.8, 4) is 5.88 Å². The summed E-state index contributed by atoms with van der Waals surface area (Å²) in [5.41, 5.74) is -0.203. The van der Waals surface area contributed by atoms with Crippen LogP contribution in [0.15, 0.2) is 6.07 Å². The summed E-state index contributed by atoms with van der Waals surface area (Å²) in [6.45, 7) is 8.37. The predicted molar refractivity (Wildman–Crippen MR) is 66.4 cm³/mol. The molecule has 0 fully saturated rings. The fraction of sp³-hybridized carbons (Fsp3) is 0.636. The molecule has 0 unspecified atom stereocenters. The van der Waals surface area contributed by atoms with Crippen LogP contribution < -0.4 is 10.1 Å². The van der Waals surface area contributed by atoms with Crippen LogP contribution in [0, 0.1) is 6.92 Å². The summed E-state index contributed by atoms with van der Waals surface area (Å²) in [7, 11) is 0. The maximum Gasteiger partial charge on any atom is 0.218 e. The highest BCUT2D eigenvalue weighted by Crippen LogP contribution is 2.18. The molecule has 16 heavy (non-hydrogen) atoms. The third-order valence-electron chi connectivity index (χ3n) is 1.91. The van der Waals surface area contributed by atoms with Gasteiger partial charge in [-0.15, -0.1) is 11.6 Å². The van der Waals surface area contributed by atoms with Crippen molar-refractivity contribution in [3.63, 3.8) is 0 Å². The lowest BCUT2D eigenvalue weighted by atomic mass is 10.1. The number of aromatic nitrogens is 2. The Kier molecular flexibility index (Phi) is 4.35. The van der Waals surface area contributed by atoms with E-state index in [-0.39, 0.29) is 5.54 Å². The van der Waals surface area contributed by atoms with Gasteiger partial charge in [-0.3, -0.25) is 0 Å². The number of rotatable bonds is 5. The van der Waals surface area contributed by atoms with Gasteiger partial charge in [0, 0.05) is 17.5 Å². The molecule has 0 aliphatic heterocycles. The normalized spacial score (nSPS) is 11.3. The molecule has 0 bridgehead atoms. The zero-order valence-corrected chi connectivity index (χ0v) is 10.9. The largest absolute Gasteiger partial charge is 0.478 e. The fourth-order valence-corrected chi connectivity index (χ4v) is 1.27. The molecule has 0 radical (unpaired) electrons. The summed E-state index contributed by atoms with van der Waals surface area (Å²) in [4.78, 5) is 8.46. The lowest BCUT2D eigenvalue weighted by molar-refractivity contribution is 0.325. The van der Waals surface area contributed by atoms with E-state index in [9.17, 15) is 0 Å². The van der Waals surface area contributed by atoms with Crippen molar-refractivity contribution >= 4 is 17.4 Å². The molecule has 0 atom stereocenters. The molecule has 1 aromatic rings. The van der Waals surface area contributed by atoms with Crippen molar-refractivity contribution < 1.29 is 4.74 Å². The van der Waals surface area contributed by atoms with Gasteiger partial charge < -0.3 is 10.1 Å². The first-order valence-corrected chi connectivity index (χ1v) is 5.83. The van der Waals surface area contributed by atoms with Crippen molar-refractivity contribution in [2.45, 2.75) is 33.2 Å². The minimum absolute atomic E-state index is 0.203. The molecule has 4 nitrogen and oxygen atoms in total. The highest BCUT2D eigenvalue weighted by molar-refractivity contribution is 6.18. The smallest absolute Gasteiger partial charge is 0.218 e. The van der Waals surface area contributed by atoms with Crippen molar-refractivity contribution in [1.82, 2.24) is 9.97 Å². The molecular weight excluding hydrogens is 226 g/mol. The highest BCUT2D eigenvalue weighted by atomic mass is 35.5. The topological polar surface area (TPSA) is 47.0 Å². The minimum Gasteiger partial charge on any atom is -0.478 e. The Hall–Kier alpha value is -1.03. The van der Waals surface area contributed by atoms with Gasteiger partial charge in [0.2, 0.25) is 5.88 Å². The standard InChI is InChI=1S/C11H18ClN3O/c1-5-16-10-6-9(13-8(2)14-10)15-11(3,4)7-12/h6H,5,7H2,1-4H3,(H,13,14,15). The van der Waals surface area contributed by atoms with Gasteiger partial charge in [-0.05, 0) is 27.7 Å². The molecule has 0 aliphatic rings. The van der Waals surface area contributed by atoms with E-state index in [4.69, 9.17) is 16.3 Å². The summed E-state index contributed by atoms with van der Waals surface area (Å²) >= 11 is 5.85. The van der Waals surface area contributed by atoms with Crippen molar-refractivity contribution in [3.05, 3.63) is 11.9 Å². The minimum atomic E-state index is -0.203. The zero-order chi connectivity index (χ0) is 12.2. The number of halogens is 1. The van der Waals surface area contributed by atoms with E-state index in [1.165, 1.54) is 0 Å². The molecular formula is C11H18ClN3O. The molecule has 0 amide bonds. The lowest BCUT2D eigenvalue weighted by Gasteiger charge is -2.24. The molecule has 0 saturated carbocycles. The SMILES string of the molecule is CCOc1cc(NC(C)(C)CCl)nc(C)n1. The zero-order valence-electron chi connectivity index (χ0n) is 10.2. The molecule has 1 aromatic heterocycles. The number of ether oxygens (including phenoxy) is 1. The van der Waals surface area contributed by atoms with E-state index < -0.39 is 0 Å². The Bertz CT molecular complexity index is 355. The second-order valence-electron chi connectivity index (χ2n) is 4.21. The Morgan fingerprint density at radius 3 is 2.69 bits per heavy atom. The summed E-state index contributed by atoms with van der Waals surface area (Å²) in [5, 5.41) is 3.24. The Balaban J connectivity index is 2.87. The number of hydrogen-bond donors (Lipinski definition) is 1. The average Bonchev–Trinajstić information content (AvgIpc) is 2.16. The first-order chi connectivity index (χ1) is 7.46. The molecule has 1 heterocycles. The molecule has 0 aromatic carbocycles. The molecule has 0 saturated heterocycles. The Morgan fingerprint density at radius 2 is 2.12 bits per heavy atom. The summed E-state index contributed by atoms with van der Waals surface area (Å²) in [6, 6.07) is 1.78. The van der Waals surface area contributed by atoms with E-state index >= 15 is 0 Å². The van der Waals surface area contributed by atoms with Gasteiger partial charge in [-0.25, -0.2) is 4.98 Å². The lowest BCUT2D eigenvalue weighted by Crippen LogP contribution is -2.33. The maximum absolute atomic E-state index is 5.85. The van der Waals surface area contributed by atoms with Crippen LogP contribution in [0.1, 0.15) is 26.6 Å². The number of nitrogens with zero attached hydrogens (tertiary/aromatic N) is 2. The Labute approximate surface area is 101 Å². The van der Waals surface area contributed by atoms with Crippen molar-refractivity contribution in [1.29, 1.82) is 0 Å². The fourth-order valence-electron chi connectivity index (χ4n) is 1.21. The van der Waals surface area contributed by atoms with Crippen LogP contribution in [-0.2, 0) is 0 Å². The number of aryl methyl sites for hydroxylation is 1. The van der Waals surface area contributed by atoms with Crippen LogP contribution in [0.3, 0.4) is 0 Å². The molecule has 0 aliphatic carbocycles. The van der Waals surface area contributed by atoms with E-state index in [0.29, 0.717) is 24.2 Å². The van der Waals surface area contributed by atoms with E-state index in [1.54, 1.807) is 6.07 Å². The summed E-state index contributed by atoms with van der Waals surface area (Å²) < 4.78 is 5.35. The average molecular weight is 244 g/mol. The maximum atomic E-state index is 5.85. The van der Waals surface area contributed by atoms with Gasteiger partial charge >= 0.3 is 0 Å². The Morgan fingerprint density at radius 1 is 1.44 bits per heavy atom. The van der Waals surface area contributed by atoms with Gasteiger partial charge in [0.1, 0.15) is 11.6 Å². The third-order valence-corrected chi connectivity index (χ3v) is 2.58. The van der Waals surface area contributed by atoms with Gasteiger partial charge in [0.15, 0.2) is 0 Å². The van der Waals surface area contributed by atoms with Gasteiger partial charge in [-0.1, -0.05) is 0 Å². The highest BCUT2D eigenvalue weighted by Gasteiger charge is 2.17. The number of alkyl halides is 1. The monoisotopic (exact) mass is 243 g/mol. The van der Waals surface area contributed by atoms with Crippen molar-refractivity contribution in [2.24, 2.45) is 0 Å². The van der Waals surface area contributed by atoms with Gasteiger partial charge in [0.05, 0.1) is 6.61 Å². The third kappa shape index (κ3) is 3.85. The number of hydrogen-bond acceptors (Lipinski definition) is 4. The van der Waals surface area contributed by atoms with Crippen LogP contribution >= 0.6 is 11.6 Å². The van der Waals surface area contributed by atoms with E-state index in [0.717, 1.165) is 5.82 Å². The van der Waals surface area contributed by atoms with Crippen LogP contribution in [-0.4, -0.2) is 28.0 Å². The first kappa shape index (κ1) is 13.0. The van der Waals surface area contributed by atoms with Crippen LogP contribution in [0.5, 0.6) is 5.88 Å². The second kappa shape index (κ2) is 5.34. The molecule has 1 N–H and O–H groups in total. The van der Waals surface area contributed by atoms with E-state index in [2.05, 4.69) is 15.3 Å². The van der Waals surface area contributed by atoms with Crippen LogP contribution in [0.25, 0.3) is 0 Å². The molecule has 0 spiro atoms. The van der Waals surface area contributed by atoms with Crippen LogP contribution in [0.4, 0.5) is 5.82 Å². The summed E-state index contributed by atoms with van der Waals surface area (Å²) in [5.74, 6) is 2.50.